The van der Waals surface area contributed by atoms with Gasteiger partial charge in [-0.05, 0) is 70.0 Å². The Labute approximate surface area is 264 Å². The fraction of sp³-hybridized carbons (Fsp3) is 0.375. The normalized spacial score (nSPS) is 12.2. The molecule has 0 heterocycles. The summed E-state index contributed by atoms with van der Waals surface area (Å²) in [5, 5.41) is 3.15. The van der Waals surface area contributed by atoms with Gasteiger partial charge in [0.1, 0.15) is 18.3 Å². The summed E-state index contributed by atoms with van der Waals surface area (Å²) in [5.41, 5.74) is 0.467. The van der Waals surface area contributed by atoms with Gasteiger partial charge in [-0.15, -0.1) is 0 Å². The monoisotopic (exact) mass is 645 g/mol. The van der Waals surface area contributed by atoms with Crippen molar-refractivity contribution >= 4 is 39.1 Å². The Balaban J connectivity index is 2.11. The minimum absolute atomic E-state index is 0.0536. The van der Waals surface area contributed by atoms with Crippen LogP contribution in [0.1, 0.15) is 33.3 Å². The van der Waals surface area contributed by atoms with Gasteiger partial charge >= 0.3 is 0 Å². The van der Waals surface area contributed by atoms with Crippen molar-refractivity contribution in [1.82, 2.24) is 10.2 Å². The highest BCUT2D eigenvalue weighted by atomic mass is 35.5. The van der Waals surface area contributed by atoms with E-state index in [1.807, 2.05) is 51.1 Å². The largest absolute Gasteiger partial charge is 0.495 e. The van der Waals surface area contributed by atoms with Crippen LogP contribution < -0.4 is 23.8 Å². The van der Waals surface area contributed by atoms with Crippen molar-refractivity contribution in [2.45, 2.75) is 50.6 Å². The van der Waals surface area contributed by atoms with E-state index >= 15 is 0 Å². The van der Waals surface area contributed by atoms with E-state index in [0.29, 0.717) is 12.2 Å². The molecule has 0 aliphatic rings. The van der Waals surface area contributed by atoms with Gasteiger partial charge in [0, 0.05) is 23.2 Å². The van der Waals surface area contributed by atoms with Gasteiger partial charge in [-0.2, -0.15) is 0 Å². The van der Waals surface area contributed by atoms with E-state index in [-0.39, 0.29) is 39.6 Å². The summed E-state index contributed by atoms with van der Waals surface area (Å²) >= 11 is 6.31. The Bertz CT molecular complexity index is 1560. The van der Waals surface area contributed by atoms with Crippen LogP contribution in [-0.2, 0) is 26.0 Å². The van der Waals surface area contributed by atoms with E-state index in [0.717, 1.165) is 9.87 Å². The minimum atomic E-state index is -4.42. The summed E-state index contributed by atoms with van der Waals surface area (Å²) in [6.45, 7) is 6.68. The van der Waals surface area contributed by atoms with Crippen LogP contribution in [0.2, 0.25) is 5.02 Å². The van der Waals surface area contributed by atoms with Gasteiger partial charge in [-0.3, -0.25) is 13.9 Å². The molecule has 0 spiro atoms. The third-order valence-electron chi connectivity index (χ3n) is 6.78. The fourth-order valence-corrected chi connectivity index (χ4v) is 6.12. The van der Waals surface area contributed by atoms with Gasteiger partial charge in [0.2, 0.25) is 11.8 Å². The SMILES string of the molecule is COc1ccc(S(=O)(=O)N(CC(=O)N(CCc2ccccc2)C(C)C(=O)NC(C)(C)C)c2cc(Cl)ccc2OC)cc1OC. The van der Waals surface area contributed by atoms with Crippen LogP contribution >= 0.6 is 11.6 Å². The molecular formula is C32H40ClN3O7S. The van der Waals surface area contributed by atoms with Crippen molar-refractivity contribution in [3.8, 4) is 17.2 Å². The second-order valence-electron chi connectivity index (χ2n) is 11.1. The Morgan fingerprint density at radius 3 is 2.09 bits per heavy atom. The van der Waals surface area contributed by atoms with Crippen LogP contribution in [0.15, 0.2) is 71.6 Å². The number of carbonyl (C=O) groups excluding carboxylic acids is 2. The number of benzene rings is 3. The van der Waals surface area contributed by atoms with Gasteiger partial charge in [0.25, 0.3) is 10.0 Å². The lowest BCUT2D eigenvalue weighted by Gasteiger charge is -2.33. The van der Waals surface area contributed by atoms with E-state index < -0.39 is 34.1 Å². The van der Waals surface area contributed by atoms with Gasteiger partial charge < -0.3 is 24.4 Å². The van der Waals surface area contributed by atoms with Gasteiger partial charge in [0.15, 0.2) is 11.5 Å². The Hall–Kier alpha value is -3.96. The molecule has 0 aliphatic heterocycles. The van der Waals surface area contributed by atoms with Crippen molar-refractivity contribution in [2.75, 3.05) is 38.7 Å². The number of nitrogens with zero attached hydrogens (tertiary/aromatic N) is 2. The number of methoxy groups -OCH3 is 3. The molecule has 0 saturated heterocycles. The molecule has 0 saturated carbocycles. The molecule has 44 heavy (non-hydrogen) atoms. The molecule has 3 rings (SSSR count). The predicted molar refractivity (Wildman–Crippen MR) is 171 cm³/mol. The third-order valence-corrected chi connectivity index (χ3v) is 8.77. The summed E-state index contributed by atoms with van der Waals surface area (Å²) in [5.74, 6) is -0.257. The van der Waals surface area contributed by atoms with Crippen LogP contribution in [0, 0.1) is 0 Å². The second kappa shape index (κ2) is 14.7. The van der Waals surface area contributed by atoms with Crippen LogP contribution in [-0.4, -0.2) is 71.1 Å². The molecule has 0 fully saturated rings. The Morgan fingerprint density at radius 2 is 1.50 bits per heavy atom. The lowest BCUT2D eigenvalue weighted by molar-refractivity contribution is -0.139. The third kappa shape index (κ3) is 8.57. The minimum Gasteiger partial charge on any atom is -0.495 e. The molecule has 0 radical (unpaired) electrons. The Kier molecular flexibility index (Phi) is 11.5. The number of carbonyl (C=O) groups is 2. The van der Waals surface area contributed by atoms with E-state index in [2.05, 4.69) is 5.32 Å². The number of sulfonamides is 1. The lowest BCUT2D eigenvalue weighted by atomic mass is 10.1. The molecular weight excluding hydrogens is 606 g/mol. The standard InChI is InChI=1S/C32H40ClN3O7S/c1-22(31(38)34-32(2,3)4)35(18-17-23-11-9-8-10-12-23)30(37)21-36(26-19-24(33)13-15-27(26)41-5)44(39,40)25-14-16-28(42-6)29(20-25)43-7/h8-16,19-20,22H,17-18,21H2,1-7H3,(H,34,38). The molecule has 12 heteroatoms. The number of rotatable bonds is 13. The highest BCUT2D eigenvalue weighted by Crippen LogP contribution is 2.37. The molecule has 0 bridgehead atoms. The molecule has 2 amide bonds. The first-order valence-electron chi connectivity index (χ1n) is 14.0. The first-order valence-corrected chi connectivity index (χ1v) is 15.8. The zero-order valence-corrected chi connectivity index (χ0v) is 27.7. The molecule has 3 aromatic carbocycles. The van der Waals surface area contributed by atoms with E-state index in [4.69, 9.17) is 25.8 Å². The highest BCUT2D eigenvalue weighted by Gasteiger charge is 2.35. The van der Waals surface area contributed by atoms with E-state index in [1.165, 1.54) is 56.6 Å². The van der Waals surface area contributed by atoms with Crippen molar-refractivity contribution in [3.05, 3.63) is 77.3 Å². The average Bonchev–Trinajstić information content (AvgIpc) is 2.98. The molecule has 1 unspecified atom stereocenters. The van der Waals surface area contributed by atoms with Crippen molar-refractivity contribution in [3.63, 3.8) is 0 Å². The van der Waals surface area contributed by atoms with Gasteiger partial charge in [-0.1, -0.05) is 41.9 Å². The maximum absolute atomic E-state index is 14.3. The quantitative estimate of drug-likeness (QED) is 0.280. The highest BCUT2D eigenvalue weighted by molar-refractivity contribution is 7.92. The summed E-state index contributed by atoms with van der Waals surface area (Å²) in [7, 11) is -0.198. The predicted octanol–water partition coefficient (Wildman–Crippen LogP) is 4.94. The van der Waals surface area contributed by atoms with Crippen LogP contribution in [0.5, 0.6) is 17.2 Å². The van der Waals surface area contributed by atoms with Crippen molar-refractivity contribution < 1.29 is 32.2 Å². The zero-order valence-electron chi connectivity index (χ0n) is 26.1. The number of hydrogen-bond donors (Lipinski definition) is 1. The number of hydrogen-bond acceptors (Lipinski definition) is 7. The molecule has 1 atom stereocenters. The molecule has 0 aromatic heterocycles. The summed E-state index contributed by atoms with van der Waals surface area (Å²) in [6.07, 6.45) is 0.447. The van der Waals surface area contributed by atoms with Crippen LogP contribution in [0.25, 0.3) is 0 Å². The number of ether oxygens (including phenoxy) is 3. The molecule has 3 aromatic rings. The van der Waals surface area contributed by atoms with E-state index in [9.17, 15) is 18.0 Å². The summed E-state index contributed by atoms with van der Waals surface area (Å²) < 4.78 is 45.6. The molecule has 0 aliphatic carbocycles. The number of anilines is 1. The summed E-state index contributed by atoms with van der Waals surface area (Å²) in [4.78, 5) is 28.7. The topological polar surface area (TPSA) is 114 Å². The van der Waals surface area contributed by atoms with Crippen LogP contribution in [0.3, 0.4) is 0 Å². The molecule has 1 N–H and O–H groups in total. The first-order chi connectivity index (χ1) is 20.7. The number of amides is 2. The maximum Gasteiger partial charge on any atom is 0.265 e. The lowest BCUT2D eigenvalue weighted by Crippen LogP contribution is -2.55. The fourth-order valence-electron chi connectivity index (χ4n) is 4.52. The second-order valence-corrected chi connectivity index (χ2v) is 13.4. The molecule has 238 valence electrons. The number of halogens is 1. The maximum atomic E-state index is 14.3. The Morgan fingerprint density at radius 1 is 0.886 bits per heavy atom. The van der Waals surface area contributed by atoms with E-state index in [1.54, 1.807) is 13.0 Å². The smallest absolute Gasteiger partial charge is 0.265 e. The first kappa shape index (κ1) is 34.5. The number of nitrogens with one attached hydrogen (secondary N) is 1. The van der Waals surface area contributed by atoms with Gasteiger partial charge in [-0.25, -0.2) is 8.42 Å². The van der Waals surface area contributed by atoms with Crippen LogP contribution in [0.4, 0.5) is 5.69 Å². The van der Waals surface area contributed by atoms with Gasteiger partial charge in [0.05, 0.1) is 31.9 Å². The molecule has 10 nitrogen and oxygen atoms in total. The van der Waals surface area contributed by atoms with Crippen molar-refractivity contribution in [1.29, 1.82) is 0 Å². The zero-order chi connectivity index (χ0) is 32.7. The average molecular weight is 646 g/mol. The van der Waals surface area contributed by atoms with Crippen molar-refractivity contribution in [2.24, 2.45) is 0 Å². The summed E-state index contributed by atoms with van der Waals surface area (Å²) in [6, 6.07) is 17.2.